The van der Waals surface area contributed by atoms with E-state index in [1.54, 1.807) is 13.8 Å². The van der Waals surface area contributed by atoms with Crippen molar-refractivity contribution < 1.29 is 74.8 Å². The number of allylic oxidation sites excluding steroid dienone is 2. The summed E-state index contributed by atoms with van der Waals surface area (Å²) in [6.45, 7) is 4.12. The van der Waals surface area contributed by atoms with Crippen molar-refractivity contribution in [1.29, 1.82) is 0 Å². The van der Waals surface area contributed by atoms with Crippen LogP contribution in [0.15, 0.2) is 36.1 Å². The van der Waals surface area contributed by atoms with Gasteiger partial charge >= 0.3 is 0 Å². The lowest BCUT2D eigenvalue weighted by molar-refractivity contribution is -0.323. The van der Waals surface area contributed by atoms with Gasteiger partial charge in [-0.3, -0.25) is 4.79 Å². The van der Waals surface area contributed by atoms with Crippen LogP contribution in [-0.4, -0.2) is 130 Å². The fourth-order valence-corrected chi connectivity index (χ4v) is 6.20. The van der Waals surface area contributed by atoms with Crippen molar-refractivity contribution in [3.8, 4) is 17.2 Å². The smallest absolute Gasteiger partial charge is 0.232 e. The third kappa shape index (κ3) is 6.89. The topological polar surface area (TPSA) is 256 Å². The predicted molar refractivity (Wildman–Crippen MR) is 164 cm³/mol. The van der Waals surface area contributed by atoms with Crippen molar-refractivity contribution >= 4 is 11.4 Å². The number of benzene rings is 2. The number of aliphatic hydroxyl groups excluding tert-OH is 7. The van der Waals surface area contributed by atoms with E-state index < -0.39 is 85.2 Å². The summed E-state index contributed by atoms with van der Waals surface area (Å²) in [5.41, 5.74) is -0.0970. The monoisotopic (exact) mass is 678 g/mol. The van der Waals surface area contributed by atoms with Crippen molar-refractivity contribution in [2.75, 3.05) is 6.61 Å². The lowest BCUT2D eigenvalue weighted by Crippen LogP contribution is -2.60. The van der Waals surface area contributed by atoms with Crippen LogP contribution in [-0.2, 0) is 31.8 Å². The van der Waals surface area contributed by atoms with Gasteiger partial charge < -0.3 is 70.0 Å². The molecule has 0 amide bonds. The van der Waals surface area contributed by atoms with Crippen LogP contribution < -0.4 is 0 Å². The molecular formula is C33H42O15. The number of hydrogen-bond acceptors (Lipinski definition) is 15. The second kappa shape index (κ2) is 13.9. The number of fused-ring (bicyclic) bond motifs is 1. The van der Waals surface area contributed by atoms with Crippen molar-refractivity contribution in [1.82, 2.24) is 0 Å². The minimum Gasteiger partial charge on any atom is -0.508 e. The zero-order chi connectivity index (χ0) is 35.2. The normalized spacial score (nSPS) is 32.7. The second-order valence-electron chi connectivity index (χ2n) is 13.0. The summed E-state index contributed by atoms with van der Waals surface area (Å²) in [6, 6.07) is 6.81. The van der Waals surface area contributed by atoms with Crippen LogP contribution in [0.5, 0.6) is 17.2 Å². The minimum absolute atomic E-state index is 0.0565. The number of rotatable bonds is 9. The van der Waals surface area contributed by atoms with Gasteiger partial charge in [-0.05, 0) is 62.4 Å². The Morgan fingerprint density at radius 1 is 0.833 bits per heavy atom. The second-order valence-corrected chi connectivity index (χ2v) is 13.0. The molecule has 2 heterocycles. The molecule has 264 valence electrons. The number of phenols is 3. The Morgan fingerprint density at radius 2 is 1.46 bits per heavy atom. The number of phenolic OH excluding ortho intramolecular Hbond substituents is 3. The molecule has 0 radical (unpaired) electrons. The Labute approximate surface area is 275 Å². The number of ketones is 1. The highest BCUT2D eigenvalue weighted by Crippen LogP contribution is 2.44. The first-order chi connectivity index (χ1) is 22.5. The van der Waals surface area contributed by atoms with Crippen LogP contribution in [0.3, 0.4) is 0 Å². The molecule has 48 heavy (non-hydrogen) atoms. The Hall–Kier alpha value is -3.35. The molecule has 1 aliphatic carbocycles. The van der Waals surface area contributed by atoms with Crippen LogP contribution in [0.2, 0.25) is 0 Å². The molecule has 5 rings (SSSR count). The van der Waals surface area contributed by atoms with Gasteiger partial charge in [-0.2, -0.15) is 0 Å². The van der Waals surface area contributed by atoms with Crippen molar-refractivity contribution in [3.05, 3.63) is 58.3 Å². The quantitative estimate of drug-likeness (QED) is 0.158. The van der Waals surface area contributed by atoms with Gasteiger partial charge in [0.2, 0.25) is 12.1 Å². The number of carbonyl (C=O) groups excluding carboxylic acids is 1. The van der Waals surface area contributed by atoms with Gasteiger partial charge in [-0.15, -0.1) is 0 Å². The zero-order valence-corrected chi connectivity index (χ0v) is 26.5. The van der Waals surface area contributed by atoms with E-state index in [0.29, 0.717) is 5.56 Å². The Kier molecular flexibility index (Phi) is 10.4. The van der Waals surface area contributed by atoms with Crippen LogP contribution in [0.25, 0.3) is 5.57 Å². The van der Waals surface area contributed by atoms with Crippen molar-refractivity contribution in [2.45, 2.75) is 107 Å². The van der Waals surface area contributed by atoms with Gasteiger partial charge in [0.1, 0.15) is 60.0 Å². The van der Waals surface area contributed by atoms with Gasteiger partial charge in [-0.1, -0.05) is 12.1 Å². The van der Waals surface area contributed by atoms with Gasteiger partial charge in [0.05, 0.1) is 23.9 Å². The first kappa shape index (κ1) is 35.9. The highest BCUT2D eigenvalue weighted by atomic mass is 16.7. The summed E-state index contributed by atoms with van der Waals surface area (Å²) < 4.78 is 22.9. The number of carbonyl (C=O) groups is 1. The molecule has 10 atom stereocenters. The first-order valence-electron chi connectivity index (χ1n) is 15.5. The van der Waals surface area contributed by atoms with E-state index in [2.05, 4.69) is 0 Å². The lowest BCUT2D eigenvalue weighted by atomic mass is 9.81. The molecule has 0 unspecified atom stereocenters. The number of ether oxygens (including phenoxy) is 4. The molecule has 0 saturated carbocycles. The molecule has 2 aliphatic heterocycles. The molecule has 2 aromatic carbocycles. The number of hydrogen-bond donors (Lipinski definition) is 10. The summed E-state index contributed by atoms with van der Waals surface area (Å²) in [7, 11) is 0. The van der Waals surface area contributed by atoms with Crippen molar-refractivity contribution in [3.63, 3.8) is 0 Å². The highest BCUT2D eigenvalue weighted by Gasteiger charge is 2.47. The maximum atomic E-state index is 14.1. The molecule has 0 spiro atoms. The maximum absolute atomic E-state index is 14.1. The third-order valence-corrected chi connectivity index (χ3v) is 9.08. The summed E-state index contributed by atoms with van der Waals surface area (Å²) in [4.78, 5) is 14.1. The molecule has 2 aromatic rings. The standard InChI is InChI=1S/C33H42O15/c1-13-23(38)26(41)28(43)31(45-13)47-30-17(14-4-6-15(35)7-5-14)10-18-16(19(36)11-20(37)22(18)25(30)40)8-9-33(2,3)48-32-29(44)27(42)24(39)21(12-34)46-32/h4-7,11,13,21,23-24,26-29,31-32,34-39,41-44H,8-10,12H2,1-3H3/t13-,21+,23-,24+,26+,27-,28+,29+,31-,32-/m0/s1. The van der Waals surface area contributed by atoms with Crippen LogP contribution >= 0.6 is 0 Å². The van der Waals surface area contributed by atoms with Gasteiger partial charge in [0.25, 0.3) is 0 Å². The van der Waals surface area contributed by atoms with E-state index in [1.807, 2.05) is 0 Å². The van der Waals surface area contributed by atoms with Crippen molar-refractivity contribution in [2.24, 2.45) is 0 Å². The molecule has 0 bridgehead atoms. The fourth-order valence-electron chi connectivity index (χ4n) is 6.20. The van der Waals surface area contributed by atoms with Gasteiger partial charge in [-0.25, -0.2) is 0 Å². The SMILES string of the molecule is C[C@@H]1O[C@@H](OC2=C(c3ccc(O)cc3)Cc3c(CCC(C)(C)O[C@@H]4O[C@H](CO)[C@@H](O)[C@H](O)[C@H]4O)c(O)cc(O)c3C2=O)[C@H](O)[C@H](O)[C@H]1O. The van der Waals surface area contributed by atoms with Crippen LogP contribution in [0, 0.1) is 0 Å². The lowest BCUT2D eigenvalue weighted by Gasteiger charge is -2.42. The van der Waals surface area contributed by atoms with Crippen LogP contribution in [0.4, 0.5) is 0 Å². The molecule has 15 heteroatoms. The highest BCUT2D eigenvalue weighted by molar-refractivity contribution is 6.16. The summed E-state index contributed by atoms with van der Waals surface area (Å²) in [5, 5.41) is 103. The third-order valence-electron chi connectivity index (χ3n) is 9.08. The van der Waals surface area contributed by atoms with Gasteiger partial charge in [0, 0.05) is 18.1 Å². The molecule has 15 nitrogen and oxygen atoms in total. The fraction of sp³-hybridized carbons (Fsp3) is 0.545. The van der Waals surface area contributed by atoms with E-state index in [1.165, 1.54) is 31.2 Å². The van der Waals surface area contributed by atoms with E-state index in [4.69, 9.17) is 18.9 Å². The molecule has 2 fully saturated rings. The Morgan fingerprint density at radius 3 is 2.10 bits per heavy atom. The minimum atomic E-state index is -1.74. The molecular weight excluding hydrogens is 636 g/mol. The molecule has 3 aliphatic rings. The summed E-state index contributed by atoms with van der Waals surface area (Å²) >= 11 is 0. The number of aromatic hydroxyl groups is 3. The van der Waals surface area contributed by atoms with Crippen LogP contribution in [0.1, 0.15) is 54.2 Å². The molecule has 0 aromatic heterocycles. The average Bonchev–Trinajstić information content (AvgIpc) is 3.03. The summed E-state index contributed by atoms with van der Waals surface area (Å²) in [6.07, 6.45) is -14.7. The van der Waals surface area contributed by atoms with E-state index in [0.717, 1.165) is 6.07 Å². The maximum Gasteiger partial charge on any atom is 0.232 e. The van der Waals surface area contributed by atoms with E-state index in [9.17, 15) is 55.9 Å². The number of Topliss-reactive ketones (excluding diaryl/α,β-unsaturated/α-hetero) is 1. The van der Waals surface area contributed by atoms with Gasteiger partial charge in [0.15, 0.2) is 12.0 Å². The van der Waals surface area contributed by atoms with E-state index >= 15 is 0 Å². The average molecular weight is 679 g/mol. The zero-order valence-electron chi connectivity index (χ0n) is 26.5. The Bertz CT molecular complexity index is 1520. The predicted octanol–water partition coefficient (Wildman–Crippen LogP) is -0.675. The molecule has 10 N–H and O–H groups in total. The number of aliphatic hydroxyl groups is 7. The first-order valence-corrected chi connectivity index (χ1v) is 15.5. The largest absolute Gasteiger partial charge is 0.508 e. The van der Waals surface area contributed by atoms with E-state index in [-0.39, 0.29) is 58.8 Å². The summed E-state index contributed by atoms with van der Waals surface area (Å²) in [5.74, 6) is -2.08. The molecule has 2 saturated heterocycles. The Balaban J connectivity index is 1.47.